The second-order valence-corrected chi connectivity index (χ2v) is 4.36. The zero-order valence-electron chi connectivity index (χ0n) is 11.1. The SMILES string of the molecule is CNC(=O)c1ccc(NCc2cccc(F)c2)c(N)c1. The molecule has 0 spiro atoms. The maximum Gasteiger partial charge on any atom is 0.251 e. The number of carbonyl (C=O) groups excluding carboxylic acids is 1. The molecule has 1 amide bonds. The van der Waals surface area contributed by atoms with Gasteiger partial charge in [0, 0.05) is 19.2 Å². The molecule has 0 bridgehead atoms. The Hall–Kier alpha value is -2.56. The average molecular weight is 273 g/mol. The summed E-state index contributed by atoms with van der Waals surface area (Å²) >= 11 is 0. The van der Waals surface area contributed by atoms with E-state index in [0.717, 1.165) is 5.56 Å². The Bertz CT molecular complexity index is 628. The molecule has 0 radical (unpaired) electrons. The molecular weight excluding hydrogens is 257 g/mol. The molecule has 4 N–H and O–H groups in total. The largest absolute Gasteiger partial charge is 0.397 e. The van der Waals surface area contributed by atoms with Crippen LogP contribution in [0.3, 0.4) is 0 Å². The summed E-state index contributed by atoms with van der Waals surface area (Å²) in [5.74, 6) is -0.458. The highest BCUT2D eigenvalue weighted by Gasteiger charge is 2.06. The number of hydrogen-bond acceptors (Lipinski definition) is 3. The number of halogens is 1. The van der Waals surface area contributed by atoms with Crippen LogP contribution < -0.4 is 16.4 Å². The van der Waals surface area contributed by atoms with Crippen molar-refractivity contribution in [3.05, 3.63) is 59.4 Å². The van der Waals surface area contributed by atoms with Crippen LogP contribution in [0.1, 0.15) is 15.9 Å². The van der Waals surface area contributed by atoms with Gasteiger partial charge in [-0.05, 0) is 35.9 Å². The zero-order valence-corrected chi connectivity index (χ0v) is 11.1. The lowest BCUT2D eigenvalue weighted by atomic mass is 10.1. The Kier molecular flexibility index (Phi) is 4.20. The van der Waals surface area contributed by atoms with Crippen LogP contribution in [-0.4, -0.2) is 13.0 Å². The monoisotopic (exact) mass is 273 g/mol. The van der Waals surface area contributed by atoms with E-state index in [2.05, 4.69) is 10.6 Å². The van der Waals surface area contributed by atoms with Gasteiger partial charge >= 0.3 is 0 Å². The summed E-state index contributed by atoms with van der Waals surface area (Å²) in [7, 11) is 1.56. The lowest BCUT2D eigenvalue weighted by Gasteiger charge is -2.11. The number of hydrogen-bond donors (Lipinski definition) is 3. The molecular formula is C15H16FN3O. The molecule has 0 unspecified atom stereocenters. The predicted octanol–water partition coefficient (Wildman–Crippen LogP) is 2.38. The number of rotatable bonds is 4. The number of nitrogens with two attached hydrogens (primary N) is 1. The quantitative estimate of drug-likeness (QED) is 0.749. The molecule has 0 saturated heterocycles. The third-order valence-corrected chi connectivity index (χ3v) is 2.91. The molecule has 0 saturated carbocycles. The Morgan fingerprint density at radius 1 is 1.25 bits per heavy atom. The number of anilines is 2. The van der Waals surface area contributed by atoms with Crippen molar-refractivity contribution in [2.45, 2.75) is 6.54 Å². The molecule has 2 rings (SSSR count). The molecule has 0 aliphatic heterocycles. The smallest absolute Gasteiger partial charge is 0.251 e. The molecule has 4 nitrogen and oxygen atoms in total. The second kappa shape index (κ2) is 6.06. The van der Waals surface area contributed by atoms with E-state index in [0.29, 0.717) is 23.5 Å². The number of nitrogen functional groups attached to an aromatic ring is 1. The lowest BCUT2D eigenvalue weighted by molar-refractivity contribution is 0.0963. The predicted molar refractivity (Wildman–Crippen MR) is 78.0 cm³/mol. The highest BCUT2D eigenvalue weighted by atomic mass is 19.1. The maximum absolute atomic E-state index is 13.1. The van der Waals surface area contributed by atoms with Crippen molar-refractivity contribution >= 4 is 17.3 Å². The Balaban J connectivity index is 2.08. The fourth-order valence-corrected chi connectivity index (χ4v) is 1.85. The van der Waals surface area contributed by atoms with Gasteiger partial charge in [0.2, 0.25) is 0 Å². The molecule has 0 fully saturated rings. The van der Waals surface area contributed by atoms with E-state index >= 15 is 0 Å². The van der Waals surface area contributed by atoms with Gasteiger partial charge in [-0.25, -0.2) is 4.39 Å². The summed E-state index contributed by atoms with van der Waals surface area (Å²) in [5.41, 5.74) is 8.40. The fraction of sp³-hybridized carbons (Fsp3) is 0.133. The van der Waals surface area contributed by atoms with Crippen LogP contribution in [0.25, 0.3) is 0 Å². The minimum Gasteiger partial charge on any atom is -0.397 e. The molecule has 0 heterocycles. The van der Waals surface area contributed by atoms with Gasteiger partial charge in [0.1, 0.15) is 5.82 Å². The van der Waals surface area contributed by atoms with Gasteiger partial charge in [-0.3, -0.25) is 4.79 Å². The van der Waals surface area contributed by atoms with E-state index in [-0.39, 0.29) is 11.7 Å². The first-order chi connectivity index (χ1) is 9.60. The van der Waals surface area contributed by atoms with E-state index in [9.17, 15) is 9.18 Å². The summed E-state index contributed by atoms with van der Waals surface area (Å²) in [6.07, 6.45) is 0. The number of benzene rings is 2. The number of nitrogens with one attached hydrogen (secondary N) is 2. The standard InChI is InChI=1S/C15H16FN3O/c1-18-15(20)11-5-6-14(13(17)8-11)19-9-10-3-2-4-12(16)7-10/h2-8,19H,9,17H2,1H3,(H,18,20). The first-order valence-corrected chi connectivity index (χ1v) is 6.20. The third kappa shape index (κ3) is 3.26. The summed E-state index contributed by atoms with van der Waals surface area (Å²) in [6, 6.07) is 11.4. The van der Waals surface area contributed by atoms with Gasteiger partial charge in [-0.2, -0.15) is 0 Å². The first-order valence-electron chi connectivity index (χ1n) is 6.20. The van der Waals surface area contributed by atoms with E-state index in [1.54, 1.807) is 31.3 Å². The second-order valence-electron chi connectivity index (χ2n) is 4.36. The molecule has 2 aromatic carbocycles. The number of carbonyl (C=O) groups is 1. The van der Waals surface area contributed by atoms with Crippen LogP contribution in [0.15, 0.2) is 42.5 Å². The van der Waals surface area contributed by atoms with Crippen molar-refractivity contribution in [3.63, 3.8) is 0 Å². The summed E-state index contributed by atoms with van der Waals surface area (Å²) in [6.45, 7) is 0.460. The molecule has 5 heteroatoms. The van der Waals surface area contributed by atoms with E-state index in [1.165, 1.54) is 12.1 Å². The van der Waals surface area contributed by atoms with Gasteiger partial charge in [0.05, 0.1) is 11.4 Å². The fourth-order valence-electron chi connectivity index (χ4n) is 1.85. The highest BCUT2D eigenvalue weighted by molar-refractivity contribution is 5.95. The normalized spacial score (nSPS) is 10.1. The minimum absolute atomic E-state index is 0.187. The van der Waals surface area contributed by atoms with Crippen molar-refractivity contribution in [2.75, 3.05) is 18.1 Å². The van der Waals surface area contributed by atoms with Crippen LogP contribution in [0, 0.1) is 5.82 Å². The molecule has 104 valence electrons. The van der Waals surface area contributed by atoms with Crippen LogP contribution in [0.5, 0.6) is 0 Å². The maximum atomic E-state index is 13.1. The molecule has 0 aliphatic rings. The van der Waals surface area contributed by atoms with Crippen LogP contribution in [0.4, 0.5) is 15.8 Å². The Morgan fingerprint density at radius 2 is 2.05 bits per heavy atom. The zero-order chi connectivity index (χ0) is 14.5. The van der Waals surface area contributed by atoms with Crippen LogP contribution in [0.2, 0.25) is 0 Å². The molecule has 2 aromatic rings. The summed E-state index contributed by atoms with van der Waals surface area (Å²) in [4.78, 5) is 11.5. The molecule has 0 atom stereocenters. The topological polar surface area (TPSA) is 67.2 Å². The Labute approximate surface area is 116 Å². The van der Waals surface area contributed by atoms with Crippen LogP contribution >= 0.6 is 0 Å². The van der Waals surface area contributed by atoms with E-state index < -0.39 is 0 Å². The van der Waals surface area contributed by atoms with Crippen LogP contribution in [-0.2, 0) is 6.54 Å². The van der Waals surface area contributed by atoms with Gasteiger partial charge < -0.3 is 16.4 Å². The van der Waals surface area contributed by atoms with Crippen molar-refractivity contribution in [2.24, 2.45) is 0 Å². The van der Waals surface area contributed by atoms with Crippen molar-refractivity contribution in [1.29, 1.82) is 0 Å². The highest BCUT2D eigenvalue weighted by Crippen LogP contribution is 2.20. The van der Waals surface area contributed by atoms with Crippen molar-refractivity contribution in [3.8, 4) is 0 Å². The van der Waals surface area contributed by atoms with E-state index in [4.69, 9.17) is 5.73 Å². The van der Waals surface area contributed by atoms with Gasteiger partial charge in [0.15, 0.2) is 0 Å². The average Bonchev–Trinajstić information content (AvgIpc) is 2.45. The van der Waals surface area contributed by atoms with Crippen molar-refractivity contribution in [1.82, 2.24) is 5.32 Å². The van der Waals surface area contributed by atoms with E-state index in [1.807, 2.05) is 6.07 Å². The first kappa shape index (κ1) is 13.9. The summed E-state index contributed by atoms with van der Waals surface area (Å²) in [5, 5.41) is 5.65. The Morgan fingerprint density at radius 3 is 2.70 bits per heavy atom. The van der Waals surface area contributed by atoms with Gasteiger partial charge in [0.25, 0.3) is 5.91 Å². The third-order valence-electron chi connectivity index (χ3n) is 2.91. The van der Waals surface area contributed by atoms with Gasteiger partial charge in [-0.1, -0.05) is 12.1 Å². The van der Waals surface area contributed by atoms with Crippen molar-refractivity contribution < 1.29 is 9.18 Å². The van der Waals surface area contributed by atoms with Gasteiger partial charge in [-0.15, -0.1) is 0 Å². The molecule has 0 aromatic heterocycles. The lowest BCUT2D eigenvalue weighted by Crippen LogP contribution is -2.18. The number of amides is 1. The summed E-state index contributed by atoms with van der Waals surface area (Å²) < 4.78 is 13.1. The molecule has 0 aliphatic carbocycles. The molecule has 20 heavy (non-hydrogen) atoms. The minimum atomic E-state index is -0.271.